The molecule has 1 aromatic rings. The van der Waals surface area contributed by atoms with E-state index in [1.807, 2.05) is 25.1 Å². The third-order valence-corrected chi connectivity index (χ3v) is 1.46. The van der Waals surface area contributed by atoms with Gasteiger partial charge in [0.05, 0.1) is 11.8 Å². The number of methoxy groups -OCH3 is 1. The Morgan fingerprint density at radius 1 is 1.50 bits per heavy atom. The van der Waals surface area contributed by atoms with Crippen molar-refractivity contribution in [3.63, 3.8) is 0 Å². The highest BCUT2D eigenvalue weighted by atomic mass is 16.5. The van der Waals surface area contributed by atoms with Gasteiger partial charge in [-0.05, 0) is 19.1 Å². The molecule has 2 heteroatoms. The van der Waals surface area contributed by atoms with Gasteiger partial charge in [-0.15, -0.1) is 0 Å². The second-order valence-electron chi connectivity index (χ2n) is 2.13. The quantitative estimate of drug-likeness (QED) is 0.620. The number of ether oxygens (including phenoxy) is 1. The molecule has 0 aliphatic heterocycles. The minimum absolute atomic E-state index is 0.0983. The molecule has 0 N–H and O–H groups in total. The van der Waals surface area contributed by atoms with E-state index in [-0.39, 0.29) is 6.10 Å². The molecule has 2 nitrogen and oxygen atoms in total. The highest BCUT2D eigenvalue weighted by Crippen LogP contribution is 2.10. The molecule has 0 saturated heterocycles. The largest absolute Gasteiger partial charge is 0.375 e. The van der Waals surface area contributed by atoms with E-state index in [9.17, 15) is 0 Å². The van der Waals surface area contributed by atoms with E-state index in [1.54, 1.807) is 13.3 Å². The molecule has 0 aliphatic carbocycles. The van der Waals surface area contributed by atoms with E-state index in [1.165, 1.54) is 0 Å². The van der Waals surface area contributed by atoms with Crippen LogP contribution in [0.4, 0.5) is 0 Å². The smallest absolute Gasteiger partial charge is 0.0962 e. The summed E-state index contributed by atoms with van der Waals surface area (Å²) in [7, 11) is 1.68. The van der Waals surface area contributed by atoms with Gasteiger partial charge >= 0.3 is 0 Å². The van der Waals surface area contributed by atoms with Crippen molar-refractivity contribution in [3.8, 4) is 0 Å². The molecule has 1 atom stereocenters. The molecule has 10 heavy (non-hydrogen) atoms. The zero-order valence-electron chi connectivity index (χ0n) is 6.24. The predicted molar refractivity (Wildman–Crippen MR) is 39.7 cm³/mol. The maximum atomic E-state index is 5.07. The van der Waals surface area contributed by atoms with Gasteiger partial charge < -0.3 is 4.74 Å². The monoisotopic (exact) mass is 137 g/mol. The second-order valence-corrected chi connectivity index (χ2v) is 2.13. The number of pyridine rings is 1. The third-order valence-electron chi connectivity index (χ3n) is 1.46. The van der Waals surface area contributed by atoms with Crippen molar-refractivity contribution in [1.82, 2.24) is 4.98 Å². The second kappa shape index (κ2) is 3.32. The molecule has 54 valence electrons. The van der Waals surface area contributed by atoms with Gasteiger partial charge in [-0.3, -0.25) is 4.98 Å². The summed E-state index contributed by atoms with van der Waals surface area (Å²) in [6.07, 6.45) is 1.87. The molecule has 0 spiro atoms. The van der Waals surface area contributed by atoms with Crippen LogP contribution in [0.5, 0.6) is 0 Å². The van der Waals surface area contributed by atoms with Gasteiger partial charge in [0.1, 0.15) is 0 Å². The maximum Gasteiger partial charge on any atom is 0.0962 e. The number of aromatic nitrogens is 1. The molecule has 1 aromatic heterocycles. The fraction of sp³-hybridized carbons (Fsp3) is 0.375. The van der Waals surface area contributed by atoms with E-state index in [2.05, 4.69) is 4.98 Å². The normalized spacial score (nSPS) is 13.0. The molecule has 0 saturated carbocycles. The van der Waals surface area contributed by atoms with Crippen LogP contribution in [0.1, 0.15) is 18.7 Å². The Kier molecular flexibility index (Phi) is 2.40. The van der Waals surface area contributed by atoms with E-state index in [0.29, 0.717) is 0 Å². The standard InChI is InChI=1S/C8H11NO/c1-7(10-2)8-5-3-4-6-9-8/h3-7H,1-2H3. The number of hydrogen-bond donors (Lipinski definition) is 0. The average molecular weight is 137 g/mol. The summed E-state index contributed by atoms with van der Waals surface area (Å²) >= 11 is 0. The first kappa shape index (κ1) is 7.22. The summed E-state index contributed by atoms with van der Waals surface area (Å²) in [5, 5.41) is 0. The first-order valence-corrected chi connectivity index (χ1v) is 3.28. The van der Waals surface area contributed by atoms with Crippen LogP contribution in [0, 0.1) is 0 Å². The molecular formula is C8H11NO. The van der Waals surface area contributed by atoms with Crippen LogP contribution in [-0.2, 0) is 4.74 Å². The van der Waals surface area contributed by atoms with E-state index < -0.39 is 0 Å². The molecule has 1 rings (SSSR count). The molecule has 0 bridgehead atoms. The van der Waals surface area contributed by atoms with Crippen LogP contribution in [0.25, 0.3) is 0 Å². The van der Waals surface area contributed by atoms with Gasteiger partial charge in [0.2, 0.25) is 0 Å². The zero-order chi connectivity index (χ0) is 7.40. The van der Waals surface area contributed by atoms with Crippen LogP contribution >= 0.6 is 0 Å². The number of nitrogens with zero attached hydrogens (tertiary/aromatic N) is 1. The summed E-state index contributed by atoms with van der Waals surface area (Å²) in [6, 6.07) is 5.80. The Morgan fingerprint density at radius 3 is 2.80 bits per heavy atom. The Balaban J connectivity index is 2.75. The van der Waals surface area contributed by atoms with Crippen LogP contribution in [0.15, 0.2) is 24.4 Å². The van der Waals surface area contributed by atoms with Crippen molar-refractivity contribution in [2.45, 2.75) is 13.0 Å². The predicted octanol–water partition coefficient (Wildman–Crippen LogP) is 1.79. The summed E-state index contributed by atoms with van der Waals surface area (Å²) in [5.41, 5.74) is 0.977. The lowest BCUT2D eigenvalue weighted by Gasteiger charge is -2.06. The summed E-state index contributed by atoms with van der Waals surface area (Å²) < 4.78 is 5.07. The van der Waals surface area contributed by atoms with Crippen LogP contribution in [0.3, 0.4) is 0 Å². The third kappa shape index (κ3) is 1.54. The van der Waals surface area contributed by atoms with Crippen molar-refractivity contribution < 1.29 is 4.74 Å². The Hall–Kier alpha value is -0.890. The fourth-order valence-corrected chi connectivity index (χ4v) is 0.737. The first-order chi connectivity index (χ1) is 4.84. The highest BCUT2D eigenvalue weighted by molar-refractivity contribution is 5.05. The molecule has 1 unspecified atom stereocenters. The summed E-state index contributed by atoms with van der Waals surface area (Å²) in [4.78, 5) is 4.12. The van der Waals surface area contributed by atoms with Crippen molar-refractivity contribution in [2.75, 3.05) is 7.11 Å². The van der Waals surface area contributed by atoms with Crippen molar-refractivity contribution in [3.05, 3.63) is 30.1 Å². The summed E-state index contributed by atoms with van der Waals surface area (Å²) in [6.45, 7) is 1.97. The fourth-order valence-electron chi connectivity index (χ4n) is 0.737. The molecule has 0 aliphatic rings. The average Bonchev–Trinajstić information content (AvgIpc) is 2.05. The van der Waals surface area contributed by atoms with Gasteiger partial charge in [0, 0.05) is 13.3 Å². The van der Waals surface area contributed by atoms with Crippen LogP contribution in [-0.4, -0.2) is 12.1 Å². The van der Waals surface area contributed by atoms with Crippen molar-refractivity contribution in [1.29, 1.82) is 0 Å². The van der Waals surface area contributed by atoms with E-state index in [4.69, 9.17) is 4.74 Å². The lowest BCUT2D eigenvalue weighted by atomic mass is 10.2. The van der Waals surface area contributed by atoms with Gasteiger partial charge in [0.25, 0.3) is 0 Å². The molecule has 0 radical (unpaired) electrons. The maximum absolute atomic E-state index is 5.07. The number of hydrogen-bond acceptors (Lipinski definition) is 2. The molecule has 1 heterocycles. The van der Waals surface area contributed by atoms with Crippen molar-refractivity contribution in [2.24, 2.45) is 0 Å². The van der Waals surface area contributed by atoms with Gasteiger partial charge in [-0.25, -0.2) is 0 Å². The van der Waals surface area contributed by atoms with Crippen molar-refractivity contribution >= 4 is 0 Å². The minimum atomic E-state index is 0.0983. The minimum Gasteiger partial charge on any atom is -0.375 e. The van der Waals surface area contributed by atoms with Gasteiger partial charge in [-0.1, -0.05) is 6.07 Å². The van der Waals surface area contributed by atoms with E-state index in [0.717, 1.165) is 5.69 Å². The molecule has 0 fully saturated rings. The van der Waals surface area contributed by atoms with E-state index >= 15 is 0 Å². The lowest BCUT2D eigenvalue weighted by molar-refractivity contribution is 0.116. The van der Waals surface area contributed by atoms with Gasteiger partial charge in [0.15, 0.2) is 0 Å². The first-order valence-electron chi connectivity index (χ1n) is 3.28. The Morgan fingerprint density at radius 2 is 2.30 bits per heavy atom. The van der Waals surface area contributed by atoms with Crippen LogP contribution in [0.2, 0.25) is 0 Å². The Bertz CT molecular complexity index is 186. The SMILES string of the molecule is COC(C)c1ccccn1. The zero-order valence-corrected chi connectivity index (χ0v) is 6.24. The van der Waals surface area contributed by atoms with Gasteiger partial charge in [-0.2, -0.15) is 0 Å². The molecular weight excluding hydrogens is 126 g/mol. The number of rotatable bonds is 2. The van der Waals surface area contributed by atoms with Crippen LogP contribution < -0.4 is 0 Å². The molecule has 0 aromatic carbocycles. The topological polar surface area (TPSA) is 22.1 Å². The highest BCUT2D eigenvalue weighted by Gasteiger charge is 2.01. The summed E-state index contributed by atoms with van der Waals surface area (Å²) in [5.74, 6) is 0. The lowest BCUT2D eigenvalue weighted by Crippen LogP contribution is -1.97. The molecule has 0 amide bonds. The Labute approximate surface area is 60.9 Å².